The molecule has 3 rings (SSSR count). The molecule has 2 aliphatic rings. The summed E-state index contributed by atoms with van der Waals surface area (Å²) in [5.41, 5.74) is 0.957. The Morgan fingerprint density at radius 3 is 2.76 bits per heavy atom. The molecular formula is C24H35N3O2. The highest BCUT2D eigenvalue weighted by atomic mass is 16.3. The average Bonchev–Trinajstić information content (AvgIpc) is 3.12. The largest absolute Gasteiger partial charge is 0.390 e. The molecule has 4 N–H and O–H groups in total. The number of carbonyl (C=O) groups excluding carboxylic acids is 1. The van der Waals surface area contributed by atoms with E-state index in [0.29, 0.717) is 11.6 Å². The van der Waals surface area contributed by atoms with Crippen LogP contribution in [0.1, 0.15) is 64.4 Å². The van der Waals surface area contributed by atoms with Crippen LogP contribution in [0.4, 0.5) is 5.69 Å². The van der Waals surface area contributed by atoms with Crippen molar-refractivity contribution in [2.24, 2.45) is 5.92 Å². The third kappa shape index (κ3) is 6.00. The van der Waals surface area contributed by atoms with Crippen molar-refractivity contribution >= 4 is 17.2 Å². The number of para-hydroxylation sites is 1. The van der Waals surface area contributed by atoms with Gasteiger partial charge >= 0.3 is 0 Å². The van der Waals surface area contributed by atoms with Gasteiger partial charge < -0.3 is 15.7 Å². The lowest BCUT2D eigenvalue weighted by molar-refractivity contribution is -0.108. The first-order valence-electron chi connectivity index (χ1n) is 11.0. The van der Waals surface area contributed by atoms with Gasteiger partial charge in [0.05, 0.1) is 5.60 Å². The van der Waals surface area contributed by atoms with Crippen molar-refractivity contribution in [1.29, 1.82) is 5.41 Å². The highest BCUT2D eigenvalue weighted by molar-refractivity contribution is 6.49. The van der Waals surface area contributed by atoms with E-state index < -0.39 is 5.60 Å². The van der Waals surface area contributed by atoms with Crippen LogP contribution in [-0.2, 0) is 4.79 Å². The molecule has 1 heterocycles. The van der Waals surface area contributed by atoms with E-state index in [1.807, 2.05) is 44.2 Å². The molecule has 0 radical (unpaired) electrons. The second-order valence-electron chi connectivity index (χ2n) is 9.03. The summed E-state index contributed by atoms with van der Waals surface area (Å²) in [7, 11) is 0. The summed E-state index contributed by atoms with van der Waals surface area (Å²) in [6, 6.07) is 8.02. The molecule has 29 heavy (non-hydrogen) atoms. The molecule has 2 fully saturated rings. The number of ketones is 1. The Labute approximate surface area is 174 Å². The number of anilines is 1. The first kappa shape index (κ1) is 21.7. The van der Waals surface area contributed by atoms with Gasteiger partial charge in [-0.1, -0.05) is 43.5 Å². The minimum absolute atomic E-state index is 0.0176. The quantitative estimate of drug-likeness (QED) is 0.394. The van der Waals surface area contributed by atoms with E-state index in [4.69, 9.17) is 5.41 Å². The maximum atomic E-state index is 12.6. The zero-order valence-corrected chi connectivity index (χ0v) is 17.7. The standard InChI is InChI=1S/C24H35N3O2/c1-17(2)27-21-9-5-4-8-20(21)23(25)22(28)11-10-18-14-19(26-16-18)15-24(29)12-6-3-7-13-24/h4-5,8-11,17-19,25-27,29H,3,6-7,12-16H2,1-2H3/b11-10-,25-23?/t18?,19-/m0/s1. The van der Waals surface area contributed by atoms with Crippen molar-refractivity contribution in [3.63, 3.8) is 0 Å². The van der Waals surface area contributed by atoms with E-state index in [1.54, 1.807) is 6.08 Å². The zero-order chi connectivity index (χ0) is 20.9. The highest BCUT2D eigenvalue weighted by Crippen LogP contribution is 2.34. The summed E-state index contributed by atoms with van der Waals surface area (Å²) in [6.45, 7) is 4.90. The molecule has 1 saturated heterocycles. The fourth-order valence-electron chi connectivity index (χ4n) is 4.60. The third-order valence-electron chi connectivity index (χ3n) is 6.07. The molecular weight excluding hydrogens is 362 g/mol. The Morgan fingerprint density at radius 1 is 1.31 bits per heavy atom. The van der Waals surface area contributed by atoms with E-state index in [-0.39, 0.29) is 23.5 Å². The fourth-order valence-corrected chi connectivity index (χ4v) is 4.60. The van der Waals surface area contributed by atoms with E-state index >= 15 is 0 Å². The predicted octanol–water partition coefficient (Wildman–Crippen LogP) is 4.06. The smallest absolute Gasteiger partial charge is 0.203 e. The van der Waals surface area contributed by atoms with Crippen molar-refractivity contribution in [2.45, 2.75) is 76.5 Å². The predicted molar refractivity (Wildman–Crippen MR) is 119 cm³/mol. The summed E-state index contributed by atoms with van der Waals surface area (Å²) in [5.74, 6) is 0.00494. The van der Waals surface area contributed by atoms with E-state index in [2.05, 4.69) is 10.6 Å². The lowest BCUT2D eigenvalue weighted by atomic mass is 9.80. The molecule has 1 aliphatic heterocycles. The lowest BCUT2D eigenvalue weighted by Gasteiger charge is -2.34. The van der Waals surface area contributed by atoms with Crippen LogP contribution >= 0.6 is 0 Å². The van der Waals surface area contributed by atoms with Crippen molar-refractivity contribution in [3.05, 3.63) is 42.0 Å². The van der Waals surface area contributed by atoms with Gasteiger partial charge in [0, 0.05) is 29.9 Å². The molecule has 0 spiro atoms. The van der Waals surface area contributed by atoms with Crippen molar-refractivity contribution in [1.82, 2.24) is 5.32 Å². The number of allylic oxidation sites excluding steroid dienone is 1. The molecule has 1 aromatic rings. The zero-order valence-electron chi connectivity index (χ0n) is 17.7. The Balaban J connectivity index is 1.55. The molecule has 2 atom stereocenters. The Bertz CT molecular complexity index is 750. The monoisotopic (exact) mass is 397 g/mol. The van der Waals surface area contributed by atoms with Crippen molar-refractivity contribution in [2.75, 3.05) is 11.9 Å². The van der Waals surface area contributed by atoms with Gasteiger partial charge in [-0.05, 0) is 57.6 Å². The normalized spacial score (nSPS) is 24.1. The molecule has 1 saturated carbocycles. The maximum Gasteiger partial charge on any atom is 0.203 e. The van der Waals surface area contributed by atoms with Gasteiger partial charge in [0.25, 0.3) is 0 Å². The van der Waals surface area contributed by atoms with Crippen LogP contribution in [-0.4, -0.2) is 40.8 Å². The number of hydrogen-bond donors (Lipinski definition) is 4. The van der Waals surface area contributed by atoms with Gasteiger partial charge in [-0.25, -0.2) is 0 Å². The van der Waals surface area contributed by atoms with Crippen LogP contribution in [0.15, 0.2) is 36.4 Å². The van der Waals surface area contributed by atoms with Crippen molar-refractivity contribution in [3.8, 4) is 0 Å². The lowest BCUT2D eigenvalue weighted by Crippen LogP contribution is -2.38. The second kappa shape index (κ2) is 9.68. The van der Waals surface area contributed by atoms with E-state index in [0.717, 1.165) is 50.8 Å². The fraction of sp³-hybridized carbons (Fsp3) is 0.583. The summed E-state index contributed by atoms with van der Waals surface area (Å²) in [4.78, 5) is 12.6. The minimum Gasteiger partial charge on any atom is -0.390 e. The number of benzene rings is 1. The average molecular weight is 398 g/mol. The molecule has 5 nitrogen and oxygen atoms in total. The Kier molecular flexibility index (Phi) is 7.25. The molecule has 158 valence electrons. The highest BCUT2D eigenvalue weighted by Gasteiger charge is 2.34. The van der Waals surface area contributed by atoms with Crippen molar-refractivity contribution < 1.29 is 9.90 Å². The Morgan fingerprint density at radius 2 is 2.03 bits per heavy atom. The Hall–Kier alpha value is -1.98. The van der Waals surface area contributed by atoms with Gasteiger partial charge in [-0.2, -0.15) is 0 Å². The third-order valence-corrected chi connectivity index (χ3v) is 6.07. The van der Waals surface area contributed by atoms with Crippen LogP contribution in [0, 0.1) is 11.3 Å². The van der Waals surface area contributed by atoms with Crippen LogP contribution in [0.25, 0.3) is 0 Å². The molecule has 0 aromatic heterocycles. The number of hydrogen-bond acceptors (Lipinski definition) is 5. The van der Waals surface area contributed by atoms with Crippen LogP contribution < -0.4 is 10.6 Å². The summed E-state index contributed by atoms with van der Waals surface area (Å²) in [6.07, 6.45) is 10.5. The molecule has 5 heteroatoms. The van der Waals surface area contributed by atoms with Gasteiger partial charge in [0.15, 0.2) is 0 Å². The number of carbonyl (C=O) groups is 1. The van der Waals surface area contributed by atoms with Gasteiger partial charge in [-0.15, -0.1) is 0 Å². The van der Waals surface area contributed by atoms with Gasteiger partial charge in [0.1, 0.15) is 5.71 Å². The molecule has 1 aliphatic carbocycles. The molecule has 1 unspecified atom stereocenters. The van der Waals surface area contributed by atoms with Gasteiger partial charge in [-0.3, -0.25) is 10.2 Å². The van der Waals surface area contributed by atoms with E-state index in [9.17, 15) is 9.90 Å². The first-order valence-corrected chi connectivity index (χ1v) is 11.0. The summed E-state index contributed by atoms with van der Waals surface area (Å²) in [5, 5.41) is 25.9. The SMILES string of the molecule is CC(C)Nc1ccccc1C(=N)C(=O)/C=C\C1CN[C@H](CC2(O)CCCCC2)C1. The van der Waals surface area contributed by atoms with Gasteiger partial charge in [0.2, 0.25) is 5.78 Å². The molecule has 1 aromatic carbocycles. The first-order chi connectivity index (χ1) is 13.9. The van der Waals surface area contributed by atoms with Crippen LogP contribution in [0.2, 0.25) is 0 Å². The molecule has 0 amide bonds. The van der Waals surface area contributed by atoms with Crippen LogP contribution in [0.3, 0.4) is 0 Å². The topological polar surface area (TPSA) is 85.2 Å². The second-order valence-corrected chi connectivity index (χ2v) is 9.03. The van der Waals surface area contributed by atoms with Crippen LogP contribution in [0.5, 0.6) is 0 Å². The molecule has 0 bridgehead atoms. The number of nitrogens with one attached hydrogen (secondary N) is 3. The summed E-state index contributed by atoms with van der Waals surface area (Å²) >= 11 is 0. The summed E-state index contributed by atoms with van der Waals surface area (Å²) < 4.78 is 0. The number of rotatable bonds is 8. The number of aliphatic hydroxyl groups is 1. The maximum absolute atomic E-state index is 12.6. The van der Waals surface area contributed by atoms with E-state index in [1.165, 1.54) is 6.42 Å². The minimum atomic E-state index is -0.514.